The molecule has 0 rings (SSSR count). The number of nitrogens with zero attached hydrogens (tertiary/aromatic N) is 1. The number of hydrogen-bond donors (Lipinski definition) is 0. The predicted octanol–water partition coefficient (Wildman–Crippen LogP) is 11.7. The zero-order valence-corrected chi connectivity index (χ0v) is 26.0. The van der Waals surface area contributed by atoms with Crippen LogP contribution in [0.15, 0.2) is 0 Å². The van der Waals surface area contributed by atoms with Crippen LogP contribution in [0.2, 0.25) is 0 Å². The quantitative estimate of drug-likeness (QED) is 0.0749. The van der Waals surface area contributed by atoms with Gasteiger partial charge in [-0.15, -0.1) is 0 Å². The van der Waals surface area contributed by atoms with Gasteiger partial charge in [-0.1, -0.05) is 156 Å². The van der Waals surface area contributed by atoms with Gasteiger partial charge in [-0.05, 0) is 25.7 Å². The number of hydrogen-bond acceptors (Lipinski definition) is 0. The minimum atomic E-state index is 0.947. The van der Waals surface area contributed by atoms with E-state index in [-0.39, 0.29) is 0 Å². The molecule has 0 spiro atoms. The molecule has 0 aromatic heterocycles. The van der Waals surface area contributed by atoms with Gasteiger partial charge < -0.3 is 4.48 Å². The van der Waals surface area contributed by atoms with Crippen LogP contribution in [-0.4, -0.2) is 31.7 Å². The van der Waals surface area contributed by atoms with Crippen molar-refractivity contribution in [3.8, 4) is 0 Å². The molecule has 2 atom stereocenters. The van der Waals surface area contributed by atoms with Crippen LogP contribution in [0, 0.1) is 11.8 Å². The van der Waals surface area contributed by atoms with E-state index in [0.29, 0.717) is 0 Å². The third-order valence-corrected chi connectivity index (χ3v) is 8.37. The predicted molar refractivity (Wildman–Crippen MR) is 162 cm³/mol. The molecule has 0 bridgehead atoms. The first kappa shape index (κ1) is 35.0. The van der Waals surface area contributed by atoms with Crippen LogP contribution in [0.1, 0.15) is 182 Å². The van der Waals surface area contributed by atoms with E-state index < -0.39 is 0 Å². The Labute approximate surface area is 225 Å². The fourth-order valence-electron chi connectivity index (χ4n) is 6.27. The van der Waals surface area contributed by atoms with Crippen LogP contribution in [-0.2, 0) is 0 Å². The molecule has 0 amide bonds. The molecule has 2 unspecified atom stereocenters. The highest BCUT2D eigenvalue weighted by molar-refractivity contribution is 4.65. The molecule has 0 fully saturated rings. The van der Waals surface area contributed by atoms with Gasteiger partial charge in [0.15, 0.2) is 0 Å². The van der Waals surface area contributed by atoms with Gasteiger partial charge in [0.2, 0.25) is 0 Å². The average molecular weight is 495 g/mol. The molecule has 0 saturated carbocycles. The molecule has 0 N–H and O–H groups in total. The molecule has 0 aliphatic carbocycles. The molecule has 1 nitrogen and oxygen atoms in total. The van der Waals surface area contributed by atoms with Crippen molar-refractivity contribution >= 4 is 0 Å². The van der Waals surface area contributed by atoms with E-state index in [1.165, 1.54) is 172 Å². The maximum atomic E-state index is 2.57. The molecule has 0 saturated heterocycles. The largest absolute Gasteiger partial charge is 0.328 e. The van der Waals surface area contributed by atoms with Crippen molar-refractivity contribution in [1.82, 2.24) is 0 Å². The molecular weight excluding hydrogens is 422 g/mol. The maximum Gasteiger partial charge on any atom is 0.0811 e. The highest BCUT2D eigenvalue weighted by atomic mass is 15.3. The molecule has 0 aliphatic rings. The van der Waals surface area contributed by atoms with Crippen molar-refractivity contribution in [1.29, 1.82) is 0 Å². The van der Waals surface area contributed by atoms with E-state index in [9.17, 15) is 0 Å². The fraction of sp³-hybridized carbons (Fsp3) is 1.00. The van der Waals surface area contributed by atoms with E-state index >= 15 is 0 Å². The van der Waals surface area contributed by atoms with Crippen LogP contribution in [0.5, 0.6) is 0 Å². The lowest BCUT2D eigenvalue weighted by atomic mass is 9.90. The van der Waals surface area contributed by atoms with Gasteiger partial charge in [-0.3, -0.25) is 0 Å². The molecule has 212 valence electrons. The van der Waals surface area contributed by atoms with E-state index in [0.717, 1.165) is 11.8 Å². The molecule has 0 aromatic rings. The fourth-order valence-corrected chi connectivity index (χ4v) is 6.27. The van der Waals surface area contributed by atoms with Gasteiger partial charge in [0, 0.05) is 11.8 Å². The Morgan fingerprint density at radius 3 is 0.857 bits per heavy atom. The SMILES string of the molecule is CCCCCCCCC(CCCCCC)C[N+](C)(C)CC(CCCCCC)CCCCCCCC. The Bertz CT molecular complexity index is 365. The van der Waals surface area contributed by atoms with E-state index in [2.05, 4.69) is 41.8 Å². The summed E-state index contributed by atoms with van der Waals surface area (Å²) in [5.74, 6) is 1.89. The van der Waals surface area contributed by atoms with Gasteiger partial charge in [0.1, 0.15) is 0 Å². The Morgan fingerprint density at radius 2 is 0.571 bits per heavy atom. The first-order valence-electron chi connectivity index (χ1n) is 16.8. The summed E-state index contributed by atoms with van der Waals surface area (Å²) in [5, 5.41) is 0. The van der Waals surface area contributed by atoms with Crippen molar-refractivity contribution in [3.05, 3.63) is 0 Å². The first-order chi connectivity index (χ1) is 17.0. The molecule has 0 aromatic carbocycles. The Hall–Kier alpha value is -0.0400. The van der Waals surface area contributed by atoms with Gasteiger partial charge >= 0.3 is 0 Å². The van der Waals surface area contributed by atoms with Gasteiger partial charge in [-0.2, -0.15) is 0 Å². The summed E-state index contributed by atoms with van der Waals surface area (Å²) in [7, 11) is 5.14. The number of rotatable bonds is 28. The summed E-state index contributed by atoms with van der Waals surface area (Å²) in [5.41, 5.74) is 0. The number of unbranched alkanes of at least 4 members (excludes halogenated alkanes) is 16. The highest BCUT2D eigenvalue weighted by Crippen LogP contribution is 2.26. The topological polar surface area (TPSA) is 0 Å². The van der Waals surface area contributed by atoms with Crippen LogP contribution < -0.4 is 0 Å². The normalized spacial score (nSPS) is 13.9. The summed E-state index contributed by atoms with van der Waals surface area (Å²) in [4.78, 5) is 0. The van der Waals surface area contributed by atoms with Crippen molar-refractivity contribution in [3.63, 3.8) is 0 Å². The zero-order valence-electron chi connectivity index (χ0n) is 26.0. The van der Waals surface area contributed by atoms with E-state index in [4.69, 9.17) is 0 Å². The van der Waals surface area contributed by atoms with Gasteiger partial charge in [0.25, 0.3) is 0 Å². The Kier molecular flexibility index (Phi) is 25.6. The average Bonchev–Trinajstić information content (AvgIpc) is 2.83. The van der Waals surface area contributed by atoms with Crippen molar-refractivity contribution in [2.24, 2.45) is 11.8 Å². The minimum Gasteiger partial charge on any atom is -0.328 e. The van der Waals surface area contributed by atoms with Crippen molar-refractivity contribution < 1.29 is 4.48 Å². The molecule has 0 radical (unpaired) electrons. The first-order valence-corrected chi connectivity index (χ1v) is 16.8. The summed E-state index contributed by atoms with van der Waals surface area (Å²) < 4.78 is 1.27. The summed E-state index contributed by atoms with van der Waals surface area (Å²) in [6, 6.07) is 0. The molecule has 35 heavy (non-hydrogen) atoms. The van der Waals surface area contributed by atoms with Gasteiger partial charge in [-0.25, -0.2) is 0 Å². The summed E-state index contributed by atoms with van der Waals surface area (Å²) >= 11 is 0. The summed E-state index contributed by atoms with van der Waals surface area (Å²) in [6.45, 7) is 12.2. The minimum absolute atomic E-state index is 0.947. The highest BCUT2D eigenvalue weighted by Gasteiger charge is 2.25. The molecule has 0 heterocycles. The smallest absolute Gasteiger partial charge is 0.0811 e. The van der Waals surface area contributed by atoms with Crippen LogP contribution in [0.25, 0.3) is 0 Å². The van der Waals surface area contributed by atoms with Crippen LogP contribution >= 0.6 is 0 Å². The monoisotopic (exact) mass is 495 g/mol. The summed E-state index contributed by atoms with van der Waals surface area (Å²) in [6.07, 6.45) is 34.7. The van der Waals surface area contributed by atoms with Crippen molar-refractivity contribution in [2.75, 3.05) is 27.2 Å². The Morgan fingerprint density at radius 1 is 0.343 bits per heavy atom. The van der Waals surface area contributed by atoms with E-state index in [1.807, 2.05) is 0 Å². The standard InChI is InChI=1S/C34H72N/c1-7-11-15-19-21-25-29-33(27-23-17-13-9-3)31-35(5,6)32-34(28-24-18-14-10-4)30-26-22-20-16-12-8-2/h33-34H,7-32H2,1-6H3/q+1. The lowest BCUT2D eigenvalue weighted by Crippen LogP contribution is -2.46. The third kappa shape index (κ3) is 24.1. The van der Waals surface area contributed by atoms with Crippen LogP contribution in [0.3, 0.4) is 0 Å². The number of quaternary nitrogens is 1. The van der Waals surface area contributed by atoms with Crippen LogP contribution in [0.4, 0.5) is 0 Å². The third-order valence-electron chi connectivity index (χ3n) is 8.37. The van der Waals surface area contributed by atoms with Gasteiger partial charge in [0.05, 0.1) is 27.2 Å². The van der Waals surface area contributed by atoms with Crippen molar-refractivity contribution in [2.45, 2.75) is 182 Å². The zero-order chi connectivity index (χ0) is 26.0. The second kappa shape index (κ2) is 25.6. The van der Waals surface area contributed by atoms with E-state index in [1.54, 1.807) is 0 Å². The lowest BCUT2D eigenvalue weighted by Gasteiger charge is -2.37. The second-order valence-corrected chi connectivity index (χ2v) is 12.8. The Balaban J connectivity index is 4.74. The molecular formula is C34H72N+. The maximum absolute atomic E-state index is 2.57. The molecule has 0 aliphatic heterocycles. The molecule has 1 heteroatoms. The second-order valence-electron chi connectivity index (χ2n) is 12.8. The lowest BCUT2D eigenvalue weighted by molar-refractivity contribution is -0.897.